The summed E-state index contributed by atoms with van der Waals surface area (Å²) in [4.78, 5) is 30.4. The predicted octanol–water partition coefficient (Wildman–Crippen LogP) is 4.67. The lowest BCUT2D eigenvalue weighted by atomic mass is 9.89. The second-order valence-corrected chi connectivity index (χ2v) is 7.63. The minimum Gasteiger partial charge on any atom is -0.351 e. The van der Waals surface area contributed by atoms with Crippen LogP contribution in [0.4, 0.5) is 0 Å². The van der Waals surface area contributed by atoms with Crippen LogP contribution in [0, 0.1) is 5.92 Å². The van der Waals surface area contributed by atoms with Gasteiger partial charge < -0.3 is 9.88 Å². The van der Waals surface area contributed by atoms with Gasteiger partial charge in [-0.2, -0.15) is 0 Å². The van der Waals surface area contributed by atoms with Crippen LogP contribution in [0.25, 0.3) is 10.9 Å². The van der Waals surface area contributed by atoms with Crippen molar-refractivity contribution in [3.05, 3.63) is 70.3 Å². The van der Waals surface area contributed by atoms with Gasteiger partial charge in [0.05, 0.1) is 0 Å². The summed E-state index contributed by atoms with van der Waals surface area (Å²) in [5.41, 5.74) is 2.31. The Kier molecular flexibility index (Phi) is 4.64. The normalized spacial score (nSPS) is 15.3. The van der Waals surface area contributed by atoms with E-state index in [1.54, 1.807) is 0 Å². The van der Waals surface area contributed by atoms with E-state index in [4.69, 9.17) is 0 Å². The molecule has 2 heterocycles. The zero-order valence-electron chi connectivity index (χ0n) is 14.2. The van der Waals surface area contributed by atoms with Crippen molar-refractivity contribution in [3.63, 3.8) is 0 Å². The molecule has 0 radical (unpaired) electrons. The summed E-state index contributed by atoms with van der Waals surface area (Å²) >= 11 is 3.45. The average molecular weight is 411 g/mol. The van der Waals surface area contributed by atoms with Crippen molar-refractivity contribution in [2.75, 3.05) is 13.1 Å². The summed E-state index contributed by atoms with van der Waals surface area (Å²) in [5, 5.41) is 1.01. The van der Waals surface area contributed by atoms with E-state index in [0.29, 0.717) is 31.6 Å². The number of amides is 1. The van der Waals surface area contributed by atoms with Crippen molar-refractivity contribution >= 4 is 38.5 Å². The van der Waals surface area contributed by atoms with E-state index in [1.165, 1.54) is 0 Å². The molecule has 4 nitrogen and oxygen atoms in total. The van der Waals surface area contributed by atoms with Gasteiger partial charge in [-0.3, -0.25) is 9.59 Å². The molecule has 1 N–H and O–H groups in total. The van der Waals surface area contributed by atoms with Crippen LogP contribution in [-0.4, -0.2) is 34.7 Å². The lowest BCUT2D eigenvalue weighted by molar-refractivity contribution is 0.0646. The number of aromatic amines is 1. The largest absolute Gasteiger partial charge is 0.351 e. The second kappa shape index (κ2) is 7.08. The Morgan fingerprint density at radius 3 is 2.46 bits per heavy atom. The van der Waals surface area contributed by atoms with E-state index in [-0.39, 0.29) is 17.6 Å². The highest BCUT2D eigenvalue weighted by Crippen LogP contribution is 2.25. The molecule has 4 rings (SSSR count). The molecule has 0 saturated carbocycles. The van der Waals surface area contributed by atoms with E-state index in [9.17, 15) is 9.59 Å². The number of benzene rings is 2. The molecule has 0 bridgehead atoms. The van der Waals surface area contributed by atoms with Gasteiger partial charge in [-0.05, 0) is 37.1 Å². The third-order valence-electron chi connectivity index (χ3n) is 5.02. The molecule has 0 aliphatic carbocycles. The zero-order valence-corrected chi connectivity index (χ0v) is 15.8. The highest BCUT2D eigenvalue weighted by atomic mass is 79.9. The number of carbonyl (C=O) groups is 2. The molecule has 26 heavy (non-hydrogen) atoms. The molecular formula is C21H19BrN2O2. The molecule has 132 valence electrons. The van der Waals surface area contributed by atoms with Gasteiger partial charge in [0.15, 0.2) is 5.78 Å². The van der Waals surface area contributed by atoms with Crippen molar-refractivity contribution in [2.45, 2.75) is 12.8 Å². The van der Waals surface area contributed by atoms with Crippen LogP contribution >= 0.6 is 15.9 Å². The number of likely N-dealkylation sites (tertiary alicyclic amines) is 1. The van der Waals surface area contributed by atoms with Crippen LogP contribution < -0.4 is 0 Å². The number of Topliss-reactive ketones (excluding diaryl/α,β-unsaturated/α-hetero) is 1. The van der Waals surface area contributed by atoms with Crippen molar-refractivity contribution < 1.29 is 9.59 Å². The third-order valence-corrected chi connectivity index (χ3v) is 5.52. The topological polar surface area (TPSA) is 53.2 Å². The minimum atomic E-state index is 0.000111. The smallest absolute Gasteiger partial charge is 0.270 e. The van der Waals surface area contributed by atoms with Crippen LogP contribution in [-0.2, 0) is 0 Å². The molecule has 3 aromatic rings. The van der Waals surface area contributed by atoms with Crippen molar-refractivity contribution in [2.24, 2.45) is 5.92 Å². The van der Waals surface area contributed by atoms with E-state index in [2.05, 4.69) is 20.9 Å². The summed E-state index contributed by atoms with van der Waals surface area (Å²) in [7, 11) is 0. The molecule has 0 atom stereocenters. The Hall–Kier alpha value is -2.40. The Morgan fingerprint density at radius 1 is 1.00 bits per heavy atom. The summed E-state index contributed by atoms with van der Waals surface area (Å²) in [5.74, 6) is 0.191. The number of aromatic nitrogens is 1. The fraction of sp³-hybridized carbons (Fsp3) is 0.238. The van der Waals surface area contributed by atoms with Crippen LogP contribution in [0.5, 0.6) is 0 Å². The van der Waals surface area contributed by atoms with Crippen molar-refractivity contribution in [3.8, 4) is 0 Å². The minimum absolute atomic E-state index is 0.000111. The Morgan fingerprint density at radius 2 is 1.73 bits per heavy atom. The standard InChI is InChI=1S/C21H19BrN2O2/c22-17-6-7-18-16(12-17)13-19(23-18)21(26)24-10-8-15(9-11-24)20(25)14-4-2-1-3-5-14/h1-7,12-13,15,23H,8-11H2. The van der Waals surface area contributed by atoms with E-state index < -0.39 is 0 Å². The molecule has 1 aliphatic rings. The number of hydrogen-bond acceptors (Lipinski definition) is 2. The van der Waals surface area contributed by atoms with Crippen LogP contribution in [0.2, 0.25) is 0 Å². The average Bonchev–Trinajstić information content (AvgIpc) is 3.11. The molecule has 0 spiro atoms. The number of carbonyl (C=O) groups excluding carboxylic acids is 2. The number of rotatable bonds is 3. The second-order valence-electron chi connectivity index (χ2n) is 6.71. The summed E-state index contributed by atoms with van der Waals surface area (Å²) in [6.45, 7) is 1.22. The molecule has 1 amide bonds. The Labute approximate surface area is 160 Å². The molecule has 1 fully saturated rings. The fourth-order valence-electron chi connectivity index (χ4n) is 3.57. The first-order chi connectivity index (χ1) is 12.6. The van der Waals surface area contributed by atoms with Crippen LogP contribution in [0.15, 0.2) is 59.1 Å². The number of nitrogens with zero attached hydrogens (tertiary/aromatic N) is 1. The fourth-order valence-corrected chi connectivity index (χ4v) is 3.95. The summed E-state index contributed by atoms with van der Waals surface area (Å²) in [6, 6.07) is 17.2. The summed E-state index contributed by atoms with van der Waals surface area (Å²) < 4.78 is 0.989. The highest BCUT2D eigenvalue weighted by molar-refractivity contribution is 9.10. The van der Waals surface area contributed by atoms with Gasteiger partial charge in [-0.15, -0.1) is 0 Å². The number of nitrogens with one attached hydrogen (secondary N) is 1. The maximum absolute atomic E-state index is 12.8. The van der Waals surface area contributed by atoms with Crippen molar-refractivity contribution in [1.29, 1.82) is 0 Å². The monoisotopic (exact) mass is 410 g/mol. The SMILES string of the molecule is O=C(c1ccccc1)C1CCN(C(=O)c2cc3cc(Br)ccc3[nH]2)CC1. The predicted molar refractivity (Wildman–Crippen MR) is 105 cm³/mol. The number of halogens is 1. The van der Waals surface area contributed by atoms with Crippen molar-refractivity contribution in [1.82, 2.24) is 9.88 Å². The molecular weight excluding hydrogens is 392 g/mol. The molecule has 1 aromatic heterocycles. The lowest BCUT2D eigenvalue weighted by Crippen LogP contribution is -2.40. The zero-order chi connectivity index (χ0) is 18.1. The number of piperidine rings is 1. The first kappa shape index (κ1) is 17.0. The Balaban J connectivity index is 1.43. The van der Waals surface area contributed by atoms with Gasteiger partial charge in [-0.25, -0.2) is 0 Å². The van der Waals surface area contributed by atoms with Gasteiger partial charge in [0.1, 0.15) is 5.69 Å². The maximum atomic E-state index is 12.8. The van der Waals surface area contributed by atoms with Gasteiger partial charge in [0, 0.05) is 39.9 Å². The highest BCUT2D eigenvalue weighted by Gasteiger charge is 2.28. The first-order valence-electron chi connectivity index (χ1n) is 8.78. The first-order valence-corrected chi connectivity index (χ1v) is 9.58. The molecule has 5 heteroatoms. The number of H-pyrrole nitrogens is 1. The molecule has 2 aromatic carbocycles. The molecule has 1 aliphatic heterocycles. The number of ketones is 1. The number of fused-ring (bicyclic) bond motifs is 1. The van der Waals surface area contributed by atoms with Gasteiger partial charge in [0.2, 0.25) is 0 Å². The quantitative estimate of drug-likeness (QED) is 0.637. The van der Waals surface area contributed by atoms with Crippen LogP contribution in [0.3, 0.4) is 0 Å². The van der Waals surface area contributed by atoms with Gasteiger partial charge in [-0.1, -0.05) is 46.3 Å². The molecule has 1 saturated heterocycles. The molecule has 0 unspecified atom stereocenters. The van der Waals surface area contributed by atoms with Crippen LogP contribution in [0.1, 0.15) is 33.7 Å². The number of hydrogen-bond donors (Lipinski definition) is 1. The third kappa shape index (κ3) is 3.31. The lowest BCUT2D eigenvalue weighted by Gasteiger charge is -2.31. The van der Waals surface area contributed by atoms with Gasteiger partial charge >= 0.3 is 0 Å². The van der Waals surface area contributed by atoms with E-state index in [0.717, 1.165) is 20.9 Å². The maximum Gasteiger partial charge on any atom is 0.270 e. The summed E-state index contributed by atoms with van der Waals surface area (Å²) in [6.07, 6.45) is 1.43. The Bertz CT molecular complexity index is 957. The van der Waals surface area contributed by atoms with E-state index in [1.807, 2.05) is 59.5 Å². The van der Waals surface area contributed by atoms with Gasteiger partial charge in [0.25, 0.3) is 5.91 Å². The van der Waals surface area contributed by atoms with E-state index >= 15 is 0 Å².